The highest BCUT2D eigenvalue weighted by atomic mass is 16.5. The highest BCUT2D eigenvalue weighted by Crippen LogP contribution is 2.23. The second kappa shape index (κ2) is 8.03. The van der Waals surface area contributed by atoms with Gasteiger partial charge in [-0.15, -0.1) is 0 Å². The van der Waals surface area contributed by atoms with Crippen LogP contribution < -0.4 is 15.8 Å². The van der Waals surface area contributed by atoms with Crippen LogP contribution in [0.2, 0.25) is 0 Å². The molecule has 0 aromatic heterocycles. The summed E-state index contributed by atoms with van der Waals surface area (Å²) in [5.74, 6) is 0.518. The number of nitrogens with one attached hydrogen (secondary N) is 1. The maximum atomic E-state index is 11.8. The summed E-state index contributed by atoms with van der Waals surface area (Å²) >= 11 is 0. The number of hydrogen-bond donors (Lipinski definition) is 2. The fraction of sp³-hybridized carbons (Fsp3) is 0.588. The molecule has 1 atom stereocenters. The van der Waals surface area contributed by atoms with Crippen LogP contribution in [0.3, 0.4) is 0 Å². The number of primary amides is 1. The van der Waals surface area contributed by atoms with Gasteiger partial charge in [0.15, 0.2) is 0 Å². The first kappa shape index (κ1) is 15.8. The van der Waals surface area contributed by atoms with Crippen LogP contribution in [0, 0.1) is 0 Å². The Bertz CT molecular complexity index is 439. The zero-order valence-electron chi connectivity index (χ0n) is 12.8. The summed E-state index contributed by atoms with van der Waals surface area (Å²) in [6.07, 6.45) is 6.99. The van der Waals surface area contributed by atoms with Crippen molar-refractivity contribution in [2.45, 2.75) is 57.5 Å². The number of carbonyl (C=O) groups excluding carboxylic acids is 1. The van der Waals surface area contributed by atoms with E-state index in [2.05, 4.69) is 12.2 Å². The third-order valence-corrected chi connectivity index (χ3v) is 3.98. The molecule has 21 heavy (non-hydrogen) atoms. The number of hydrogen-bond acceptors (Lipinski definition) is 3. The van der Waals surface area contributed by atoms with Crippen LogP contribution in [0.1, 0.15) is 57.1 Å². The highest BCUT2D eigenvalue weighted by Gasteiger charge is 2.23. The predicted octanol–water partition coefficient (Wildman–Crippen LogP) is 2.92. The van der Waals surface area contributed by atoms with E-state index >= 15 is 0 Å². The minimum Gasteiger partial charge on any atom is -0.494 e. The lowest BCUT2D eigenvalue weighted by molar-refractivity contribution is -0.120. The van der Waals surface area contributed by atoms with E-state index in [1.165, 1.54) is 19.3 Å². The van der Waals surface area contributed by atoms with Crippen LogP contribution in [-0.2, 0) is 4.79 Å². The molecule has 116 valence electrons. The second-order valence-corrected chi connectivity index (χ2v) is 5.75. The van der Waals surface area contributed by atoms with E-state index < -0.39 is 6.04 Å². The van der Waals surface area contributed by atoms with Crippen LogP contribution >= 0.6 is 0 Å². The Morgan fingerprint density at radius 3 is 2.52 bits per heavy atom. The summed E-state index contributed by atoms with van der Waals surface area (Å²) in [6, 6.07) is 7.65. The van der Waals surface area contributed by atoms with Gasteiger partial charge in [-0.1, -0.05) is 38.3 Å². The molecule has 1 aromatic carbocycles. The first-order chi connectivity index (χ1) is 10.2. The maximum absolute atomic E-state index is 11.8. The fourth-order valence-electron chi connectivity index (χ4n) is 2.82. The van der Waals surface area contributed by atoms with Gasteiger partial charge < -0.3 is 10.5 Å². The number of ether oxygens (including phenoxy) is 1. The van der Waals surface area contributed by atoms with Crippen molar-refractivity contribution < 1.29 is 9.53 Å². The van der Waals surface area contributed by atoms with Crippen LogP contribution in [-0.4, -0.2) is 18.6 Å². The fourth-order valence-corrected chi connectivity index (χ4v) is 2.82. The van der Waals surface area contributed by atoms with Gasteiger partial charge in [0.1, 0.15) is 11.8 Å². The van der Waals surface area contributed by atoms with Gasteiger partial charge in [-0.05, 0) is 37.0 Å². The molecule has 1 aliphatic carbocycles. The van der Waals surface area contributed by atoms with E-state index in [4.69, 9.17) is 10.5 Å². The Kier molecular flexibility index (Phi) is 6.05. The Hall–Kier alpha value is -1.55. The molecule has 0 bridgehead atoms. The maximum Gasteiger partial charge on any atom is 0.239 e. The molecule has 0 heterocycles. The minimum atomic E-state index is -0.409. The van der Waals surface area contributed by atoms with E-state index in [0.717, 1.165) is 30.6 Å². The first-order valence-corrected chi connectivity index (χ1v) is 7.99. The Morgan fingerprint density at radius 2 is 1.95 bits per heavy atom. The molecular weight excluding hydrogens is 264 g/mol. The Labute approximate surface area is 127 Å². The van der Waals surface area contributed by atoms with Gasteiger partial charge in [0.2, 0.25) is 5.91 Å². The quantitative estimate of drug-likeness (QED) is 0.811. The Balaban J connectivity index is 2.01. The summed E-state index contributed by atoms with van der Waals surface area (Å²) < 4.78 is 5.56. The molecule has 4 nitrogen and oxygen atoms in total. The lowest BCUT2D eigenvalue weighted by atomic mass is 9.94. The summed E-state index contributed by atoms with van der Waals surface area (Å²) in [7, 11) is 0. The zero-order chi connectivity index (χ0) is 15.1. The number of nitrogens with two attached hydrogens (primary N) is 1. The van der Waals surface area contributed by atoms with Gasteiger partial charge in [0.25, 0.3) is 0 Å². The first-order valence-electron chi connectivity index (χ1n) is 7.99. The average molecular weight is 290 g/mol. The van der Waals surface area contributed by atoms with E-state index in [1.54, 1.807) is 0 Å². The smallest absolute Gasteiger partial charge is 0.239 e. The van der Waals surface area contributed by atoms with Crippen molar-refractivity contribution in [3.8, 4) is 5.75 Å². The number of benzene rings is 1. The standard InChI is InChI=1S/C17H26N2O2/c1-2-12-21-15-10-8-13(9-11-15)16(17(18)20)19-14-6-4-3-5-7-14/h8-11,14,16,19H,2-7,12H2,1H3,(H2,18,20). The topological polar surface area (TPSA) is 64.3 Å². The van der Waals surface area contributed by atoms with Gasteiger partial charge in [-0.25, -0.2) is 0 Å². The van der Waals surface area contributed by atoms with Crippen molar-refractivity contribution in [1.29, 1.82) is 0 Å². The summed E-state index contributed by atoms with van der Waals surface area (Å²) in [5.41, 5.74) is 6.49. The second-order valence-electron chi connectivity index (χ2n) is 5.75. The van der Waals surface area contributed by atoms with Crippen molar-refractivity contribution in [2.24, 2.45) is 5.73 Å². The van der Waals surface area contributed by atoms with E-state index in [9.17, 15) is 4.79 Å². The number of carbonyl (C=O) groups is 1. The molecule has 1 saturated carbocycles. The molecular formula is C17H26N2O2. The number of amides is 1. The van der Waals surface area contributed by atoms with Crippen molar-refractivity contribution in [1.82, 2.24) is 5.32 Å². The van der Waals surface area contributed by atoms with Crippen LogP contribution in [0.5, 0.6) is 5.75 Å². The zero-order valence-corrected chi connectivity index (χ0v) is 12.8. The highest BCUT2D eigenvalue weighted by molar-refractivity contribution is 5.81. The molecule has 1 unspecified atom stereocenters. The average Bonchev–Trinajstić information content (AvgIpc) is 2.52. The van der Waals surface area contributed by atoms with Crippen molar-refractivity contribution in [3.05, 3.63) is 29.8 Å². The lowest BCUT2D eigenvalue weighted by Crippen LogP contribution is -2.40. The minimum absolute atomic E-state index is 0.317. The van der Waals surface area contributed by atoms with Crippen LogP contribution in [0.4, 0.5) is 0 Å². The molecule has 3 N–H and O–H groups in total. The van der Waals surface area contributed by atoms with E-state index in [0.29, 0.717) is 12.6 Å². The summed E-state index contributed by atoms with van der Waals surface area (Å²) in [4.78, 5) is 11.8. The molecule has 0 radical (unpaired) electrons. The molecule has 1 aromatic rings. The summed E-state index contributed by atoms with van der Waals surface area (Å²) in [5, 5.41) is 3.42. The van der Waals surface area contributed by atoms with Crippen molar-refractivity contribution in [3.63, 3.8) is 0 Å². The third-order valence-electron chi connectivity index (χ3n) is 3.98. The van der Waals surface area contributed by atoms with Crippen molar-refractivity contribution >= 4 is 5.91 Å². The van der Waals surface area contributed by atoms with Gasteiger partial charge in [-0.2, -0.15) is 0 Å². The molecule has 1 aliphatic rings. The van der Waals surface area contributed by atoms with Gasteiger partial charge in [0.05, 0.1) is 6.61 Å². The Morgan fingerprint density at radius 1 is 1.29 bits per heavy atom. The van der Waals surface area contributed by atoms with Crippen LogP contribution in [0.15, 0.2) is 24.3 Å². The molecule has 0 spiro atoms. The third kappa shape index (κ3) is 4.74. The van der Waals surface area contributed by atoms with E-state index in [1.807, 2.05) is 24.3 Å². The molecule has 0 aliphatic heterocycles. The lowest BCUT2D eigenvalue weighted by Gasteiger charge is -2.27. The van der Waals surface area contributed by atoms with Crippen molar-refractivity contribution in [2.75, 3.05) is 6.61 Å². The van der Waals surface area contributed by atoms with Gasteiger partial charge in [-0.3, -0.25) is 10.1 Å². The SMILES string of the molecule is CCCOc1ccc(C(NC2CCCCC2)C(N)=O)cc1. The summed E-state index contributed by atoms with van der Waals surface area (Å²) in [6.45, 7) is 2.78. The molecule has 0 saturated heterocycles. The number of rotatable bonds is 7. The van der Waals surface area contributed by atoms with Gasteiger partial charge in [0, 0.05) is 6.04 Å². The largest absolute Gasteiger partial charge is 0.494 e. The molecule has 1 fully saturated rings. The molecule has 1 amide bonds. The molecule has 2 rings (SSSR count). The normalized spacial score (nSPS) is 17.4. The van der Waals surface area contributed by atoms with Crippen LogP contribution in [0.25, 0.3) is 0 Å². The monoisotopic (exact) mass is 290 g/mol. The molecule has 4 heteroatoms. The predicted molar refractivity (Wildman–Crippen MR) is 84.2 cm³/mol. The van der Waals surface area contributed by atoms with Gasteiger partial charge >= 0.3 is 0 Å². The van der Waals surface area contributed by atoms with E-state index in [-0.39, 0.29) is 5.91 Å².